The van der Waals surface area contributed by atoms with Crippen LogP contribution in [0.5, 0.6) is 5.75 Å². The van der Waals surface area contributed by atoms with E-state index in [0.717, 1.165) is 6.54 Å². The summed E-state index contributed by atoms with van der Waals surface area (Å²) in [4.78, 5) is 12.1. The Morgan fingerprint density at radius 3 is 3.10 bits per heavy atom. The number of amides is 1. The summed E-state index contributed by atoms with van der Waals surface area (Å²) < 4.78 is 11.8. The summed E-state index contributed by atoms with van der Waals surface area (Å²) in [6.45, 7) is 4.52. The number of hydrogen-bond acceptors (Lipinski definition) is 4. The van der Waals surface area contributed by atoms with Crippen LogP contribution < -0.4 is 15.4 Å². The van der Waals surface area contributed by atoms with Crippen LogP contribution in [0.2, 0.25) is 5.02 Å². The van der Waals surface area contributed by atoms with Crippen molar-refractivity contribution in [3.8, 4) is 5.75 Å². The molecule has 1 amide bonds. The van der Waals surface area contributed by atoms with Crippen LogP contribution in [0, 0.1) is 0 Å². The van der Waals surface area contributed by atoms with Crippen molar-refractivity contribution in [3.63, 3.8) is 0 Å². The number of anilines is 1. The van der Waals surface area contributed by atoms with E-state index in [1.165, 1.54) is 0 Å². The molecule has 2 rings (SSSR count). The van der Waals surface area contributed by atoms with Crippen molar-refractivity contribution in [3.05, 3.63) is 21.6 Å². The van der Waals surface area contributed by atoms with Crippen LogP contribution in [-0.2, 0) is 9.53 Å². The molecule has 5 nitrogen and oxygen atoms in total. The zero-order chi connectivity index (χ0) is 15.2. The summed E-state index contributed by atoms with van der Waals surface area (Å²) in [5, 5.41) is 6.56. The Morgan fingerprint density at radius 1 is 1.62 bits per heavy atom. The Labute approximate surface area is 137 Å². The summed E-state index contributed by atoms with van der Waals surface area (Å²) >= 11 is 9.42. The summed E-state index contributed by atoms with van der Waals surface area (Å²) in [6, 6.07) is 3.41. The fourth-order valence-electron chi connectivity index (χ4n) is 2.10. The number of ether oxygens (including phenoxy) is 2. The summed E-state index contributed by atoms with van der Waals surface area (Å²) in [6.07, 6.45) is 0.194. The van der Waals surface area contributed by atoms with Crippen LogP contribution in [0.4, 0.5) is 5.69 Å². The van der Waals surface area contributed by atoms with Gasteiger partial charge in [0.25, 0.3) is 0 Å². The maximum atomic E-state index is 12.1. The molecular formula is C14H18BrClN2O3. The van der Waals surface area contributed by atoms with Crippen LogP contribution in [0.3, 0.4) is 0 Å². The number of carbonyl (C=O) groups is 1. The number of rotatable bonds is 5. The molecule has 1 fully saturated rings. The van der Waals surface area contributed by atoms with Gasteiger partial charge in [-0.1, -0.05) is 11.6 Å². The Bertz CT molecular complexity index is 507. The van der Waals surface area contributed by atoms with E-state index in [-0.39, 0.29) is 12.0 Å². The maximum Gasteiger partial charge on any atom is 0.227 e. The van der Waals surface area contributed by atoms with Crippen molar-refractivity contribution in [1.82, 2.24) is 5.32 Å². The standard InChI is InChI=1S/C14H18BrClN2O3/c1-2-20-14-11(15)5-9(16)6-12(14)18-13(19)7-10-8-17-3-4-21-10/h5-6,10,17H,2-4,7-8H2,1H3,(H,18,19). The quantitative estimate of drug-likeness (QED) is 0.828. The lowest BCUT2D eigenvalue weighted by Crippen LogP contribution is -2.40. The molecule has 0 radical (unpaired) electrons. The number of halogens is 2. The van der Waals surface area contributed by atoms with Crippen molar-refractivity contribution >= 4 is 39.1 Å². The van der Waals surface area contributed by atoms with E-state index in [1.54, 1.807) is 12.1 Å². The highest BCUT2D eigenvalue weighted by Gasteiger charge is 2.19. The Balaban J connectivity index is 2.05. The van der Waals surface area contributed by atoms with E-state index in [0.29, 0.717) is 47.1 Å². The number of benzene rings is 1. The molecule has 1 aliphatic heterocycles. The van der Waals surface area contributed by atoms with E-state index in [1.807, 2.05) is 6.92 Å². The molecule has 0 spiro atoms. The fourth-order valence-corrected chi connectivity index (χ4v) is 3.03. The fraction of sp³-hybridized carbons (Fsp3) is 0.500. The molecule has 116 valence electrons. The predicted octanol–water partition coefficient (Wildman–Crippen LogP) is 2.82. The first-order valence-corrected chi connectivity index (χ1v) is 8.01. The SMILES string of the molecule is CCOc1c(Br)cc(Cl)cc1NC(=O)CC1CNCCO1. The Hall–Kier alpha value is -0.820. The zero-order valence-electron chi connectivity index (χ0n) is 11.7. The molecular weight excluding hydrogens is 360 g/mol. The van der Waals surface area contributed by atoms with Gasteiger partial charge in [-0.15, -0.1) is 0 Å². The van der Waals surface area contributed by atoms with Gasteiger partial charge in [0.2, 0.25) is 5.91 Å². The minimum atomic E-state index is -0.126. The number of morpholine rings is 1. The van der Waals surface area contributed by atoms with Crippen molar-refractivity contribution in [2.45, 2.75) is 19.4 Å². The highest BCUT2D eigenvalue weighted by molar-refractivity contribution is 9.10. The summed E-state index contributed by atoms with van der Waals surface area (Å²) in [5.41, 5.74) is 0.560. The van der Waals surface area contributed by atoms with Crippen LogP contribution in [0.25, 0.3) is 0 Å². The number of hydrogen-bond donors (Lipinski definition) is 2. The van der Waals surface area contributed by atoms with Crippen molar-refractivity contribution in [2.75, 3.05) is 31.6 Å². The van der Waals surface area contributed by atoms with Gasteiger partial charge in [0.05, 0.1) is 35.9 Å². The third kappa shape index (κ3) is 4.85. The van der Waals surface area contributed by atoms with E-state index in [4.69, 9.17) is 21.1 Å². The molecule has 1 atom stereocenters. The second-order valence-corrected chi connectivity index (χ2v) is 5.94. The van der Waals surface area contributed by atoms with E-state index in [2.05, 4.69) is 26.6 Å². The normalized spacial score (nSPS) is 18.3. The lowest BCUT2D eigenvalue weighted by Gasteiger charge is -2.23. The third-order valence-electron chi connectivity index (χ3n) is 2.99. The predicted molar refractivity (Wildman–Crippen MR) is 86.2 cm³/mol. The van der Waals surface area contributed by atoms with Crippen LogP contribution >= 0.6 is 27.5 Å². The topological polar surface area (TPSA) is 59.6 Å². The average Bonchev–Trinajstić information content (AvgIpc) is 2.43. The molecule has 0 bridgehead atoms. The highest BCUT2D eigenvalue weighted by atomic mass is 79.9. The van der Waals surface area contributed by atoms with Crippen LogP contribution in [0.1, 0.15) is 13.3 Å². The Kier molecular flexibility index (Phi) is 6.29. The average molecular weight is 378 g/mol. The van der Waals surface area contributed by atoms with Crippen LogP contribution in [-0.4, -0.2) is 38.3 Å². The minimum absolute atomic E-state index is 0.100. The first-order chi connectivity index (χ1) is 10.1. The summed E-state index contributed by atoms with van der Waals surface area (Å²) in [5.74, 6) is 0.455. The lowest BCUT2D eigenvalue weighted by atomic mass is 10.2. The molecule has 1 saturated heterocycles. The van der Waals surface area contributed by atoms with E-state index < -0.39 is 0 Å². The van der Waals surface area contributed by atoms with Gasteiger partial charge in [0.15, 0.2) is 5.75 Å². The second kappa shape index (κ2) is 7.98. The molecule has 2 N–H and O–H groups in total. The second-order valence-electron chi connectivity index (χ2n) is 4.65. The van der Waals surface area contributed by atoms with Crippen molar-refractivity contribution in [1.29, 1.82) is 0 Å². The Morgan fingerprint density at radius 2 is 2.43 bits per heavy atom. The van der Waals surface area contributed by atoms with Crippen molar-refractivity contribution < 1.29 is 14.3 Å². The van der Waals surface area contributed by atoms with Gasteiger partial charge >= 0.3 is 0 Å². The summed E-state index contributed by atoms with van der Waals surface area (Å²) in [7, 11) is 0. The van der Waals surface area contributed by atoms with Crippen molar-refractivity contribution in [2.24, 2.45) is 0 Å². The van der Waals surface area contributed by atoms with Gasteiger partial charge < -0.3 is 20.1 Å². The molecule has 0 aliphatic carbocycles. The molecule has 0 aromatic heterocycles. The number of carbonyl (C=O) groups excluding carboxylic acids is 1. The van der Waals surface area contributed by atoms with Gasteiger partial charge in [-0.25, -0.2) is 0 Å². The largest absolute Gasteiger partial charge is 0.491 e. The zero-order valence-corrected chi connectivity index (χ0v) is 14.1. The van der Waals surface area contributed by atoms with Gasteiger partial charge in [-0.2, -0.15) is 0 Å². The molecule has 1 aromatic rings. The van der Waals surface area contributed by atoms with Gasteiger partial charge in [0, 0.05) is 18.1 Å². The van der Waals surface area contributed by atoms with Gasteiger partial charge in [-0.05, 0) is 35.0 Å². The number of nitrogens with one attached hydrogen (secondary N) is 2. The highest BCUT2D eigenvalue weighted by Crippen LogP contribution is 2.36. The molecule has 1 heterocycles. The maximum absolute atomic E-state index is 12.1. The van der Waals surface area contributed by atoms with Gasteiger partial charge in [-0.3, -0.25) is 4.79 Å². The van der Waals surface area contributed by atoms with E-state index >= 15 is 0 Å². The van der Waals surface area contributed by atoms with E-state index in [9.17, 15) is 4.79 Å². The monoisotopic (exact) mass is 376 g/mol. The lowest BCUT2D eigenvalue weighted by molar-refractivity contribution is -0.119. The molecule has 1 aliphatic rings. The first kappa shape index (κ1) is 16.5. The third-order valence-corrected chi connectivity index (χ3v) is 3.80. The van der Waals surface area contributed by atoms with Gasteiger partial charge in [0.1, 0.15) is 0 Å². The molecule has 0 saturated carbocycles. The molecule has 7 heteroatoms. The molecule has 1 unspecified atom stereocenters. The minimum Gasteiger partial charge on any atom is -0.491 e. The van der Waals surface area contributed by atoms with Crippen LogP contribution in [0.15, 0.2) is 16.6 Å². The first-order valence-electron chi connectivity index (χ1n) is 6.84. The smallest absolute Gasteiger partial charge is 0.227 e. The molecule has 21 heavy (non-hydrogen) atoms. The molecule has 1 aromatic carbocycles.